The molecule has 0 aliphatic carbocycles. The van der Waals surface area contributed by atoms with Gasteiger partial charge in [0.25, 0.3) is 0 Å². The first-order chi connectivity index (χ1) is 8.59. The molecule has 1 fully saturated rings. The first-order valence-corrected chi connectivity index (χ1v) is 7.14. The monoisotopic (exact) mass is 310 g/mol. The number of halogens is 1. The molecule has 1 saturated heterocycles. The van der Waals surface area contributed by atoms with Crippen LogP contribution >= 0.6 is 15.9 Å². The zero-order chi connectivity index (χ0) is 13.1. The summed E-state index contributed by atoms with van der Waals surface area (Å²) in [5.74, 6) is 0.215. The standard InChI is InChI=1S/C14H19BrN2O/c1-10-9-12(3-4-13(10)15)14(18)11(2)17-7-5-16-6-8-17/h3-4,9,11,16H,5-8H2,1-2H3. The Bertz CT molecular complexity index is 441. The van der Waals surface area contributed by atoms with Crippen molar-refractivity contribution in [3.05, 3.63) is 33.8 Å². The van der Waals surface area contributed by atoms with Gasteiger partial charge in [-0.1, -0.05) is 22.0 Å². The highest BCUT2D eigenvalue weighted by Gasteiger charge is 2.23. The van der Waals surface area contributed by atoms with Crippen molar-refractivity contribution in [1.82, 2.24) is 10.2 Å². The average Bonchev–Trinajstić information content (AvgIpc) is 2.41. The van der Waals surface area contributed by atoms with E-state index in [1.165, 1.54) is 0 Å². The maximum absolute atomic E-state index is 12.4. The van der Waals surface area contributed by atoms with Gasteiger partial charge >= 0.3 is 0 Å². The first-order valence-electron chi connectivity index (χ1n) is 6.34. The van der Waals surface area contributed by atoms with E-state index in [4.69, 9.17) is 0 Å². The number of hydrogen-bond acceptors (Lipinski definition) is 3. The molecular formula is C14H19BrN2O. The number of carbonyl (C=O) groups excluding carboxylic acids is 1. The summed E-state index contributed by atoms with van der Waals surface area (Å²) in [5.41, 5.74) is 1.91. The summed E-state index contributed by atoms with van der Waals surface area (Å²) in [6, 6.07) is 5.78. The van der Waals surface area contributed by atoms with E-state index in [1.54, 1.807) is 0 Å². The molecule has 0 saturated carbocycles. The molecule has 18 heavy (non-hydrogen) atoms. The van der Waals surface area contributed by atoms with Crippen LogP contribution in [0.3, 0.4) is 0 Å². The Balaban J connectivity index is 2.11. The summed E-state index contributed by atoms with van der Waals surface area (Å²) in [5, 5.41) is 3.31. The highest BCUT2D eigenvalue weighted by atomic mass is 79.9. The Morgan fingerprint density at radius 2 is 2.06 bits per heavy atom. The highest BCUT2D eigenvalue weighted by molar-refractivity contribution is 9.10. The third-order valence-corrected chi connectivity index (χ3v) is 4.41. The lowest BCUT2D eigenvalue weighted by atomic mass is 10.0. The number of hydrogen-bond donors (Lipinski definition) is 1. The second-order valence-corrected chi connectivity index (χ2v) is 5.64. The molecule has 1 aromatic carbocycles. The van der Waals surface area contributed by atoms with Crippen molar-refractivity contribution in [2.75, 3.05) is 26.2 Å². The Labute approximate surface area is 117 Å². The van der Waals surface area contributed by atoms with Gasteiger partial charge in [0, 0.05) is 36.2 Å². The first kappa shape index (κ1) is 13.7. The zero-order valence-corrected chi connectivity index (χ0v) is 12.5. The average molecular weight is 311 g/mol. The lowest BCUT2D eigenvalue weighted by Crippen LogP contribution is -2.50. The molecule has 1 heterocycles. The van der Waals surface area contributed by atoms with E-state index in [9.17, 15) is 4.79 Å². The molecule has 1 aliphatic rings. The summed E-state index contributed by atoms with van der Waals surface area (Å²) in [4.78, 5) is 14.7. The quantitative estimate of drug-likeness (QED) is 0.869. The Kier molecular flexibility index (Phi) is 4.54. The third kappa shape index (κ3) is 2.99. The molecular weight excluding hydrogens is 292 g/mol. The van der Waals surface area contributed by atoms with Gasteiger partial charge in [-0.25, -0.2) is 0 Å². The molecule has 1 unspecified atom stereocenters. The minimum Gasteiger partial charge on any atom is -0.314 e. The Morgan fingerprint density at radius 1 is 1.39 bits per heavy atom. The minimum absolute atomic E-state index is 0.0346. The number of aryl methyl sites for hydroxylation is 1. The van der Waals surface area contributed by atoms with Crippen LogP contribution in [-0.4, -0.2) is 42.9 Å². The summed E-state index contributed by atoms with van der Waals surface area (Å²) in [6.45, 7) is 7.85. The summed E-state index contributed by atoms with van der Waals surface area (Å²) >= 11 is 3.46. The number of rotatable bonds is 3. The predicted molar refractivity (Wildman–Crippen MR) is 77.1 cm³/mol. The van der Waals surface area contributed by atoms with Gasteiger partial charge in [-0.05, 0) is 31.5 Å². The van der Waals surface area contributed by atoms with Crippen LogP contribution < -0.4 is 5.32 Å². The van der Waals surface area contributed by atoms with E-state index in [-0.39, 0.29) is 11.8 Å². The number of ketones is 1. The van der Waals surface area contributed by atoms with Crippen molar-refractivity contribution < 1.29 is 4.79 Å². The van der Waals surface area contributed by atoms with Crippen molar-refractivity contribution >= 4 is 21.7 Å². The molecule has 4 heteroatoms. The molecule has 2 rings (SSSR count). The Morgan fingerprint density at radius 3 is 2.67 bits per heavy atom. The fraction of sp³-hybridized carbons (Fsp3) is 0.500. The normalized spacial score (nSPS) is 18.6. The number of Topliss-reactive ketones (excluding diaryl/α,β-unsaturated/α-hetero) is 1. The van der Waals surface area contributed by atoms with Crippen molar-refractivity contribution in [3.8, 4) is 0 Å². The van der Waals surface area contributed by atoms with Crippen molar-refractivity contribution in [2.45, 2.75) is 19.9 Å². The lowest BCUT2D eigenvalue weighted by Gasteiger charge is -2.31. The second kappa shape index (κ2) is 5.95. The van der Waals surface area contributed by atoms with Gasteiger partial charge < -0.3 is 5.32 Å². The van der Waals surface area contributed by atoms with E-state index in [2.05, 4.69) is 26.1 Å². The fourth-order valence-corrected chi connectivity index (χ4v) is 2.52. The van der Waals surface area contributed by atoms with Gasteiger partial charge in [0.05, 0.1) is 6.04 Å². The highest BCUT2D eigenvalue weighted by Crippen LogP contribution is 2.19. The summed E-state index contributed by atoms with van der Waals surface area (Å²) in [6.07, 6.45) is 0. The fourth-order valence-electron chi connectivity index (χ4n) is 2.27. The van der Waals surface area contributed by atoms with Gasteiger partial charge in [-0.15, -0.1) is 0 Å². The van der Waals surface area contributed by atoms with Gasteiger partial charge in [0.15, 0.2) is 5.78 Å². The molecule has 1 aliphatic heterocycles. The summed E-state index contributed by atoms with van der Waals surface area (Å²) in [7, 11) is 0. The van der Waals surface area contributed by atoms with Crippen molar-refractivity contribution in [2.24, 2.45) is 0 Å². The van der Waals surface area contributed by atoms with Gasteiger partial charge in [-0.3, -0.25) is 9.69 Å². The van der Waals surface area contributed by atoms with Crippen LogP contribution in [0, 0.1) is 6.92 Å². The smallest absolute Gasteiger partial charge is 0.179 e. The minimum atomic E-state index is -0.0346. The molecule has 0 aromatic heterocycles. The van der Waals surface area contributed by atoms with Crippen LogP contribution in [-0.2, 0) is 0 Å². The number of piperazine rings is 1. The third-order valence-electron chi connectivity index (χ3n) is 3.52. The molecule has 1 N–H and O–H groups in total. The molecule has 1 atom stereocenters. The van der Waals surface area contributed by atoms with Crippen LogP contribution in [0.4, 0.5) is 0 Å². The van der Waals surface area contributed by atoms with Crippen LogP contribution in [0.1, 0.15) is 22.8 Å². The lowest BCUT2D eigenvalue weighted by molar-refractivity contribution is 0.0820. The van der Waals surface area contributed by atoms with Crippen LogP contribution in [0.5, 0.6) is 0 Å². The molecule has 3 nitrogen and oxygen atoms in total. The Hall–Kier alpha value is -0.710. The van der Waals surface area contributed by atoms with Gasteiger partial charge in [-0.2, -0.15) is 0 Å². The van der Waals surface area contributed by atoms with E-state index in [0.717, 1.165) is 41.8 Å². The molecule has 0 radical (unpaired) electrons. The number of carbonyl (C=O) groups is 1. The topological polar surface area (TPSA) is 32.3 Å². The zero-order valence-electron chi connectivity index (χ0n) is 10.9. The van der Waals surface area contributed by atoms with E-state index < -0.39 is 0 Å². The van der Waals surface area contributed by atoms with E-state index >= 15 is 0 Å². The van der Waals surface area contributed by atoms with Crippen molar-refractivity contribution in [1.29, 1.82) is 0 Å². The molecule has 0 amide bonds. The molecule has 0 spiro atoms. The predicted octanol–water partition coefficient (Wildman–Crippen LogP) is 2.23. The second-order valence-electron chi connectivity index (χ2n) is 4.79. The molecule has 98 valence electrons. The maximum atomic E-state index is 12.4. The number of nitrogens with one attached hydrogen (secondary N) is 1. The molecule has 1 aromatic rings. The number of benzene rings is 1. The van der Waals surface area contributed by atoms with E-state index in [0.29, 0.717) is 0 Å². The molecule has 0 bridgehead atoms. The largest absolute Gasteiger partial charge is 0.314 e. The van der Waals surface area contributed by atoms with E-state index in [1.807, 2.05) is 32.0 Å². The van der Waals surface area contributed by atoms with Gasteiger partial charge in [0.2, 0.25) is 0 Å². The summed E-state index contributed by atoms with van der Waals surface area (Å²) < 4.78 is 1.05. The maximum Gasteiger partial charge on any atom is 0.179 e. The van der Waals surface area contributed by atoms with Gasteiger partial charge in [0.1, 0.15) is 0 Å². The SMILES string of the molecule is Cc1cc(C(=O)C(C)N2CCNCC2)ccc1Br. The van der Waals surface area contributed by atoms with Crippen LogP contribution in [0.15, 0.2) is 22.7 Å². The van der Waals surface area contributed by atoms with Crippen LogP contribution in [0.2, 0.25) is 0 Å². The van der Waals surface area contributed by atoms with Crippen LogP contribution in [0.25, 0.3) is 0 Å². The van der Waals surface area contributed by atoms with Crippen molar-refractivity contribution in [3.63, 3.8) is 0 Å². The number of nitrogens with zero attached hydrogens (tertiary/aromatic N) is 1.